The summed E-state index contributed by atoms with van der Waals surface area (Å²) < 4.78 is 6.03. The fourth-order valence-corrected chi connectivity index (χ4v) is 7.80. The van der Waals surface area contributed by atoms with Crippen LogP contribution >= 0.6 is 0 Å². The first-order chi connectivity index (χ1) is 23.3. The lowest BCUT2D eigenvalue weighted by atomic mass is 9.72. The van der Waals surface area contributed by atoms with Gasteiger partial charge in [-0.05, 0) is 76.5 Å². The van der Waals surface area contributed by atoms with E-state index in [0.717, 1.165) is 42.7 Å². The third kappa shape index (κ3) is 10.6. The van der Waals surface area contributed by atoms with Gasteiger partial charge in [-0.2, -0.15) is 0 Å². The molecule has 50 heavy (non-hydrogen) atoms. The number of rotatable bonds is 14. The van der Waals surface area contributed by atoms with Gasteiger partial charge in [0.15, 0.2) is 17.5 Å². The Bertz CT molecular complexity index is 1600. The average molecular weight is 678 g/mol. The fraction of sp³-hybridized carbons (Fsp3) is 0.533. The minimum atomic E-state index is 0.0258. The van der Waals surface area contributed by atoms with Crippen molar-refractivity contribution in [3.63, 3.8) is 0 Å². The number of aromatic nitrogens is 3. The van der Waals surface area contributed by atoms with E-state index in [1.54, 1.807) is 6.07 Å². The topological polar surface area (TPSA) is 68.1 Å². The first-order valence-corrected chi connectivity index (χ1v) is 18.7. The Labute approximate surface area is 303 Å². The molecule has 0 bridgehead atoms. The van der Waals surface area contributed by atoms with Crippen molar-refractivity contribution >= 4 is 0 Å². The van der Waals surface area contributed by atoms with Gasteiger partial charge in [-0.25, -0.2) is 15.0 Å². The van der Waals surface area contributed by atoms with E-state index in [9.17, 15) is 5.11 Å². The number of phenols is 1. The summed E-state index contributed by atoms with van der Waals surface area (Å²) in [5, 5.41) is 11.2. The van der Waals surface area contributed by atoms with Crippen LogP contribution in [0.15, 0.2) is 66.7 Å². The van der Waals surface area contributed by atoms with E-state index in [2.05, 4.69) is 132 Å². The van der Waals surface area contributed by atoms with Crippen molar-refractivity contribution in [2.45, 2.75) is 132 Å². The molecule has 1 heterocycles. The summed E-state index contributed by atoms with van der Waals surface area (Å²) >= 11 is 0. The molecule has 1 aromatic heterocycles. The number of nitrogens with zero attached hydrogens (tertiary/aromatic N) is 3. The van der Waals surface area contributed by atoms with Gasteiger partial charge >= 0.3 is 0 Å². The molecule has 0 aliphatic rings. The normalized spacial score (nSPS) is 12.8. The Hall–Kier alpha value is -3.73. The van der Waals surface area contributed by atoms with Crippen molar-refractivity contribution < 1.29 is 9.84 Å². The summed E-state index contributed by atoms with van der Waals surface area (Å²) in [6.07, 6.45) is 6.67. The molecule has 0 aliphatic carbocycles. The van der Waals surface area contributed by atoms with Gasteiger partial charge < -0.3 is 9.84 Å². The molecule has 3 aromatic carbocycles. The van der Waals surface area contributed by atoms with Crippen LogP contribution in [-0.2, 0) is 10.8 Å². The Morgan fingerprint density at radius 2 is 1.04 bits per heavy atom. The average Bonchev–Trinajstić information content (AvgIpc) is 3.02. The van der Waals surface area contributed by atoms with Crippen molar-refractivity contribution in [3.8, 4) is 45.7 Å². The van der Waals surface area contributed by atoms with Gasteiger partial charge in [-0.1, -0.05) is 144 Å². The second-order valence-electron chi connectivity index (χ2n) is 18.1. The maximum atomic E-state index is 11.2. The molecular weight excluding hydrogens is 615 g/mol. The Morgan fingerprint density at radius 1 is 0.600 bits per heavy atom. The molecule has 0 spiro atoms. The lowest BCUT2D eigenvalue weighted by molar-refractivity contribution is 0.283. The number of hydrogen-bond donors (Lipinski definition) is 1. The van der Waals surface area contributed by atoms with E-state index in [1.807, 2.05) is 12.1 Å². The van der Waals surface area contributed by atoms with Gasteiger partial charge in [0.1, 0.15) is 11.5 Å². The van der Waals surface area contributed by atoms with Crippen LogP contribution in [-0.4, -0.2) is 26.7 Å². The minimum Gasteiger partial charge on any atom is -0.507 e. The van der Waals surface area contributed by atoms with E-state index < -0.39 is 0 Å². The quantitative estimate of drug-likeness (QED) is 0.135. The molecule has 1 N–H and O–H groups in total. The van der Waals surface area contributed by atoms with Crippen molar-refractivity contribution in [1.82, 2.24) is 15.0 Å². The first-order valence-electron chi connectivity index (χ1n) is 18.7. The van der Waals surface area contributed by atoms with E-state index >= 15 is 0 Å². The lowest BCUT2D eigenvalue weighted by Gasteiger charge is -2.33. The van der Waals surface area contributed by atoms with Crippen molar-refractivity contribution in [2.75, 3.05) is 6.61 Å². The van der Waals surface area contributed by atoms with Gasteiger partial charge in [-0.15, -0.1) is 0 Å². The number of phenolic OH excluding ortho intramolecular Hbond substituents is 1. The maximum Gasteiger partial charge on any atom is 0.167 e. The predicted molar refractivity (Wildman–Crippen MR) is 211 cm³/mol. The van der Waals surface area contributed by atoms with E-state index in [0.29, 0.717) is 35.4 Å². The molecule has 0 radical (unpaired) electrons. The zero-order valence-electron chi connectivity index (χ0n) is 33.1. The number of aromatic hydroxyl groups is 1. The summed E-state index contributed by atoms with van der Waals surface area (Å²) in [5.74, 6) is 3.04. The summed E-state index contributed by atoms with van der Waals surface area (Å²) in [4.78, 5) is 14.9. The van der Waals surface area contributed by atoms with Crippen LogP contribution in [0.5, 0.6) is 11.5 Å². The number of benzene rings is 3. The van der Waals surface area contributed by atoms with E-state index in [1.165, 1.54) is 24.0 Å². The second-order valence-corrected chi connectivity index (χ2v) is 18.1. The van der Waals surface area contributed by atoms with Crippen LogP contribution in [0.25, 0.3) is 34.2 Å². The van der Waals surface area contributed by atoms with Crippen LogP contribution in [0.4, 0.5) is 0 Å². The third-order valence-corrected chi connectivity index (χ3v) is 9.82. The molecule has 0 unspecified atom stereocenters. The monoisotopic (exact) mass is 677 g/mol. The molecule has 0 atom stereocenters. The van der Waals surface area contributed by atoms with Gasteiger partial charge in [0.2, 0.25) is 0 Å². The lowest BCUT2D eigenvalue weighted by Crippen LogP contribution is -2.24. The van der Waals surface area contributed by atoms with Gasteiger partial charge in [0, 0.05) is 17.2 Å². The highest BCUT2D eigenvalue weighted by atomic mass is 16.5. The van der Waals surface area contributed by atoms with Crippen LogP contribution in [0.2, 0.25) is 0 Å². The van der Waals surface area contributed by atoms with Crippen LogP contribution in [0.3, 0.4) is 0 Å². The Kier molecular flexibility index (Phi) is 12.2. The zero-order chi connectivity index (χ0) is 36.9. The minimum absolute atomic E-state index is 0.0258. The molecule has 5 nitrogen and oxygen atoms in total. The highest BCUT2D eigenvalue weighted by Gasteiger charge is 2.28. The molecule has 0 fully saturated rings. The van der Waals surface area contributed by atoms with Crippen molar-refractivity contribution in [1.29, 1.82) is 0 Å². The third-order valence-electron chi connectivity index (χ3n) is 9.82. The Morgan fingerprint density at radius 3 is 1.44 bits per heavy atom. The summed E-state index contributed by atoms with van der Waals surface area (Å²) in [6.45, 7) is 28.1. The van der Waals surface area contributed by atoms with E-state index in [-0.39, 0.29) is 27.4 Å². The molecule has 5 heteroatoms. The zero-order valence-corrected chi connectivity index (χ0v) is 33.1. The molecule has 0 saturated heterocycles. The van der Waals surface area contributed by atoms with Gasteiger partial charge in [0.05, 0.1) is 12.2 Å². The number of hydrogen-bond acceptors (Lipinski definition) is 5. The molecule has 0 aliphatic heterocycles. The van der Waals surface area contributed by atoms with E-state index in [4.69, 9.17) is 19.7 Å². The molecule has 4 aromatic rings. The molecule has 0 saturated carbocycles. The van der Waals surface area contributed by atoms with Crippen LogP contribution in [0.1, 0.15) is 133 Å². The first kappa shape index (κ1) is 39.1. The molecular formula is C45H63N3O2. The standard InChI is InChI=1S/C45H63N3O2/c1-13-31(14-2)16-15-27-50-36-25-26-37(38(49)28-36)41-47-39(32-17-21-34(22-18-32)44(9,10)29-42(3,4)5)46-40(48-41)33-19-23-35(24-20-33)45(11,12)30-43(6,7)8/h17-26,28,31,49H,13-16,27,29-30H2,1-12H3. The molecule has 0 amide bonds. The number of ether oxygens (including phenoxy) is 1. The summed E-state index contributed by atoms with van der Waals surface area (Å²) in [5.41, 5.74) is 5.41. The van der Waals surface area contributed by atoms with Crippen molar-refractivity contribution in [2.24, 2.45) is 16.7 Å². The summed E-state index contributed by atoms with van der Waals surface area (Å²) in [7, 11) is 0. The van der Waals surface area contributed by atoms with Crippen molar-refractivity contribution in [3.05, 3.63) is 77.9 Å². The highest BCUT2D eigenvalue weighted by molar-refractivity contribution is 5.70. The fourth-order valence-electron chi connectivity index (χ4n) is 7.80. The predicted octanol–water partition coefficient (Wildman–Crippen LogP) is 12.6. The highest BCUT2D eigenvalue weighted by Crippen LogP contribution is 2.39. The van der Waals surface area contributed by atoms with Crippen LogP contribution in [0, 0.1) is 16.7 Å². The van der Waals surface area contributed by atoms with Crippen LogP contribution < -0.4 is 4.74 Å². The molecule has 270 valence electrons. The Balaban J connectivity index is 1.71. The summed E-state index contributed by atoms with van der Waals surface area (Å²) in [6, 6.07) is 22.7. The van der Waals surface area contributed by atoms with Gasteiger partial charge in [0.25, 0.3) is 0 Å². The second kappa shape index (κ2) is 15.7. The van der Waals surface area contributed by atoms with Gasteiger partial charge in [-0.3, -0.25) is 0 Å². The maximum absolute atomic E-state index is 11.2. The SMILES string of the molecule is CCC(CC)CCCOc1ccc(-c2nc(-c3ccc(C(C)(C)CC(C)(C)C)cc3)nc(-c3ccc(C(C)(C)CC(C)(C)C)cc3)n2)c(O)c1. The molecule has 4 rings (SSSR count). The smallest absolute Gasteiger partial charge is 0.167 e. The largest absolute Gasteiger partial charge is 0.507 e.